The highest BCUT2D eigenvalue weighted by molar-refractivity contribution is 8.04. The fraction of sp³-hybridized carbons (Fsp3) is 0.192. The first-order valence-corrected chi connectivity index (χ1v) is 12.5. The number of aromatic amines is 1. The number of H-pyrrole nitrogens is 1. The number of fused-ring (bicyclic) bond motifs is 1. The molecule has 0 saturated heterocycles. The van der Waals surface area contributed by atoms with Gasteiger partial charge < -0.3 is 16.0 Å². The fourth-order valence-electron chi connectivity index (χ4n) is 3.59. The lowest BCUT2D eigenvalue weighted by Gasteiger charge is -2.12. The largest absolute Gasteiger partial charge is 0.338 e. The number of urea groups is 1. The number of benzene rings is 2. The Balaban J connectivity index is 1.22. The normalized spacial score (nSPS) is 12.5. The summed E-state index contributed by atoms with van der Waals surface area (Å²) < 4.78 is 0. The van der Waals surface area contributed by atoms with Crippen LogP contribution in [0, 0.1) is 0 Å². The van der Waals surface area contributed by atoms with Crippen LogP contribution >= 0.6 is 11.8 Å². The molecule has 9 nitrogen and oxygen atoms in total. The summed E-state index contributed by atoms with van der Waals surface area (Å²) in [6, 6.07) is 17.8. The predicted octanol–water partition coefficient (Wildman–Crippen LogP) is 4.65. The van der Waals surface area contributed by atoms with Crippen molar-refractivity contribution in [2.75, 3.05) is 22.9 Å². The summed E-state index contributed by atoms with van der Waals surface area (Å²) in [5.41, 5.74) is 1.23. The molecule has 4 N–H and O–H groups in total. The van der Waals surface area contributed by atoms with Crippen LogP contribution in [0.15, 0.2) is 71.6 Å². The van der Waals surface area contributed by atoms with Gasteiger partial charge in [-0.05, 0) is 42.9 Å². The maximum atomic E-state index is 13.1. The van der Waals surface area contributed by atoms with Gasteiger partial charge in [-0.3, -0.25) is 19.5 Å². The van der Waals surface area contributed by atoms with Crippen molar-refractivity contribution in [2.45, 2.75) is 19.3 Å². The lowest BCUT2D eigenvalue weighted by atomic mass is 9.99. The second-order valence-electron chi connectivity index (χ2n) is 8.00. The van der Waals surface area contributed by atoms with Crippen LogP contribution in [-0.2, 0) is 0 Å². The summed E-state index contributed by atoms with van der Waals surface area (Å²) in [6.07, 6.45) is 3.70. The standard InChI is InChI=1S/C26H25N5O4S/c32-19-16-20(36-15-9-3-8-14-27-26(35)29-18-12-6-2-7-13-18)24(33)21-22(19)30-31-23(21)25(34)28-17-10-4-1-5-11-17/h1-2,4-7,10-13,16H,3,8-9,14-15H2,(H,28,34)(H,30,31)(H2,27,29,35). The molecule has 0 atom stereocenters. The van der Waals surface area contributed by atoms with Gasteiger partial charge in [0.25, 0.3) is 5.91 Å². The number of unbranched alkanes of at least 4 members (excludes halogenated alkanes) is 2. The van der Waals surface area contributed by atoms with Crippen LogP contribution < -0.4 is 16.0 Å². The number of thioether (sulfide) groups is 1. The van der Waals surface area contributed by atoms with Gasteiger partial charge in [-0.1, -0.05) is 42.8 Å². The number of nitrogens with zero attached hydrogens (tertiary/aromatic N) is 1. The summed E-state index contributed by atoms with van der Waals surface area (Å²) >= 11 is 1.28. The molecule has 1 aliphatic rings. The molecule has 0 aliphatic heterocycles. The van der Waals surface area contributed by atoms with Crippen LogP contribution in [0.4, 0.5) is 16.2 Å². The van der Waals surface area contributed by atoms with E-state index in [-0.39, 0.29) is 28.8 Å². The Morgan fingerprint density at radius 2 is 1.53 bits per heavy atom. The summed E-state index contributed by atoms with van der Waals surface area (Å²) in [6.45, 7) is 0.529. The Labute approximate surface area is 212 Å². The third kappa shape index (κ3) is 6.28. The van der Waals surface area contributed by atoms with Gasteiger partial charge in [0.05, 0.1) is 10.5 Å². The lowest BCUT2D eigenvalue weighted by molar-refractivity contribution is 0.0979. The zero-order valence-corrected chi connectivity index (χ0v) is 20.2. The van der Waals surface area contributed by atoms with E-state index in [0.717, 1.165) is 24.9 Å². The molecule has 3 amide bonds. The third-order valence-corrected chi connectivity index (χ3v) is 6.47. The molecule has 10 heteroatoms. The Bertz CT molecular complexity index is 1290. The van der Waals surface area contributed by atoms with Gasteiger partial charge in [0, 0.05) is 24.0 Å². The molecule has 4 rings (SSSR count). The number of Topliss-reactive ketones (excluding diaryl/α,β-unsaturated/α-hetero) is 1. The molecule has 0 unspecified atom stereocenters. The van der Waals surface area contributed by atoms with Crippen LogP contribution in [0.1, 0.15) is 50.6 Å². The number of hydrogen-bond donors (Lipinski definition) is 4. The third-order valence-electron chi connectivity index (χ3n) is 5.37. The molecular formula is C26H25N5O4S. The van der Waals surface area contributed by atoms with Crippen LogP contribution in [-0.4, -0.2) is 46.0 Å². The average Bonchev–Trinajstić information content (AvgIpc) is 3.34. The van der Waals surface area contributed by atoms with Gasteiger partial charge in [-0.15, -0.1) is 11.8 Å². The van der Waals surface area contributed by atoms with Crippen molar-refractivity contribution in [1.82, 2.24) is 15.5 Å². The Hall–Kier alpha value is -4.18. The average molecular weight is 504 g/mol. The molecule has 1 aromatic heterocycles. The van der Waals surface area contributed by atoms with E-state index in [0.29, 0.717) is 22.9 Å². The number of amides is 3. The molecule has 0 bridgehead atoms. The molecule has 36 heavy (non-hydrogen) atoms. The molecule has 1 heterocycles. The summed E-state index contributed by atoms with van der Waals surface area (Å²) in [5.74, 6) is -0.706. The number of allylic oxidation sites excluding steroid dienone is 2. The van der Waals surface area contributed by atoms with Crippen LogP contribution in [0.2, 0.25) is 0 Å². The first kappa shape index (κ1) is 24.9. The highest BCUT2D eigenvalue weighted by Crippen LogP contribution is 2.30. The summed E-state index contributed by atoms with van der Waals surface area (Å²) in [4.78, 5) is 50.5. The summed E-state index contributed by atoms with van der Waals surface area (Å²) in [5, 5.41) is 14.7. The number of ketones is 2. The fourth-order valence-corrected chi connectivity index (χ4v) is 4.58. The molecule has 2 aromatic carbocycles. The number of hydrogen-bond acceptors (Lipinski definition) is 6. The lowest BCUT2D eigenvalue weighted by Crippen LogP contribution is -2.29. The molecule has 0 spiro atoms. The van der Waals surface area contributed by atoms with Crippen molar-refractivity contribution in [3.05, 3.63) is 88.6 Å². The topological polar surface area (TPSA) is 133 Å². The quantitative estimate of drug-likeness (QED) is 0.298. The molecule has 0 radical (unpaired) electrons. The summed E-state index contributed by atoms with van der Waals surface area (Å²) in [7, 11) is 0. The number of carbonyl (C=O) groups is 4. The first-order valence-electron chi connectivity index (χ1n) is 11.5. The predicted molar refractivity (Wildman–Crippen MR) is 139 cm³/mol. The Kier molecular flexibility index (Phi) is 8.30. The first-order chi connectivity index (χ1) is 17.5. The minimum atomic E-state index is -0.536. The number of rotatable bonds is 10. The van der Waals surface area contributed by atoms with Gasteiger partial charge >= 0.3 is 6.03 Å². The number of aromatic nitrogens is 2. The van der Waals surface area contributed by atoms with Crippen molar-refractivity contribution >= 4 is 46.6 Å². The van der Waals surface area contributed by atoms with E-state index >= 15 is 0 Å². The van der Waals surface area contributed by atoms with Crippen molar-refractivity contribution in [1.29, 1.82) is 0 Å². The van der Waals surface area contributed by atoms with Gasteiger partial charge in [0.2, 0.25) is 11.6 Å². The van der Waals surface area contributed by atoms with Crippen LogP contribution in [0.3, 0.4) is 0 Å². The molecule has 0 saturated carbocycles. The van der Waals surface area contributed by atoms with Crippen molar-refractivity contribution < 1.29 is 19.2 Å². The molecule has 1 aliphatic carbocycles. The maximum absolute atomic E-state index is 13.1. The van der Waals surface area contributed by atoms with E-state index < -0.39 is 11.7 Å². The number of carbonyl (C=O) groups excluding carboxylic acids is 4. The smallest absolute Gasteiger partial charge is 0.319 e. The van der Waals surface area contributed by atoms with Gasteiger partial charge in [-0.2, -0.15) is 5.10 Å². The van der Waals surface area contributed by atoms with E-state index in [2.05, 4.69) is 26.1 Å². The van der Waals surface area contributed by atoms with Crippen molar-refractivity contribution in [3.63, 3.8) is 0 Å². The zero-order chi connectivity index (χ0) is 25.3. The maximum Gasteiger partial charge on any atom is 0.319 e. The minimum Gasteiger partial charge on any atom is -0.338 e. The highest BCUT2D eigenvalue weighted by Gasteiger charge is 2.33. The van der Waals surface area contributed by atoms with E-state index in [1.54, 1.807) is 24.3 Å². The van der Waals surface area contributed by atoms with Gasteiger partial charge in [0.15, 0.2) is 0 Å². The van der Waals surface area contributed by atoms with Gasteiger partial charge in [-0.25, -0.2) is 4.79 Å². The van der Waals surface area contributed by atoms with E-state index in [1.807, 2.05) is 36.4 Å². The number of anilines is 2. The molecule has 184 valence electrons. The molecule has 0 fully saturated rings. The van der Waals surface area contributed by atoms with Gasteiger partial charge in [0.1, 0.15) is 11.4 Å². The molecule has 3 aromatic rings. The van der Waals surface area contributed by atoms with Crippen LogP contribution in [0.25, 0.3) is 0 Å². The second-order valence-corrected chi connectivity index (χ2v) is 9.14. The van der Waals surface area contributed by atoms with Crippen LogP contribution in [0.5, 0.6) is 0 Å². The monoisotopic (exact) mass is 503 g/mol. The zero-order valence-electron chi connectivity index (χ0n) is 19.4. The number of nitrogens with one attached hydrogen (secondary N) is 4. The highest BCUT2D eigenvalue weighted by atomic mass is 32.2. The van der Waals surface area contributed by atoms with Crippen molar-refractivity contribution in [2.24, 2.45) is 0 Å². The SMILES string of the molecule is O=C(NCCCCCSC1=CC(=O)c2n[nH]c(C(=O)Nc3ccccc3)c2C1=O)Nc1ccccc1. The molecular weight excluding hydrogens is 478 g/mol. The Morgan fingerprint density at radius 1 is 0.861 bits per heavy atom. The second kappa shape index (κ2) is 12.0. The van der Waals surface area contributed by atoms with E-state index in [4.69, 9.17) is 0 Å². The van der Waals surface area contributed by atoms with Crippen molar-refractivity contribution in [3.8, 4) is 0 Å². The number of para-hydroxylation sites is 2. The van der Waals surface area contributed by atoms with E-state index in [9.17, 15) is 19.2 Å². The minimum absolute atomic E-state index is 0.00654. The van der Waals surface area contributed by atoms with E-state index in [1.165, 1.54) is 17.8 Å². The Morgan fingerprint density at radius 3 is 2.22 bits per heavy atom.